The fourth-order valence-electron chi connectivity index (χ4n) is 1.28. The van der Waals surface area contributed by atoms with Gasteiger partial charge in [-0.05, 0) is 32.9 Å². The van der Waals surface area contributed by atoms with E-state index in [1.807, 2.05) is 0 Å². The van der Waals surface area contributed by atoms with Gasteiger partial charge >= 0.3 is 6.09 Å². The molecule has 0 saturated carbocycles. The van der Waals surface area contributed by atoms with E-state index in [9.17, 15) is 13.6 Å². The minimum Gasteiger partial charge on any atom is -0.444 e. The van der Waals surface area contributed by atoms with Crippen LogP contribution in [0.1, 0.15) is 26.3 Å². The molecule has 0 heterocycles. The highest BCUT2D eigenvalue weighted by Crippen LogP contribution is 2.15. The van der Waals surface area contributed by atoms with Crippen LogP contribution < -0.4 is 11.1 Å². The van der Waals surface area contributed by atoms with Gasteiger partial charge in [0, 0.05) is 5.69 Å². The highest BCUT2D eigenvalue weighted by molar-refractivity contribution is 5.68. The van der Waals surface area contributed by atoms with Gasteiger partial charge in [-0.25, -0.2) is 13.6 Å². The Morgan fingerprint density at radius 3 is 2.40 bits per heavy atom. The minimum absolute atomic E-state index is 0.0163. The molecule has 20 heavy (non-hydrogen) atoms. The Morgan fingerprint density at radius 1 is 1.35 bits per heavy atom. The summed E-state index contributed by atoms with van der Waals surface area (Å²) < 4.78 is 31.7. The van der Waals surface area contributed by atoms with Crippen LogP contribution in [0.15, 0.2) is 12.1 Å². The molecular weight excluding hydrogens is 266 g/mol. The van der Waals surface area contributed by atoms with Gasteiger partial charge in [-0.1, -0.05) is 11.8 Å². The van der Waals surface area contributed by atoms with Crippen molar-refractivity contribution < 1.29 is 18.3 Å². The van der Waals surface area contributed by atoms with Crippen molar-refractivity contribution in [2.75, 3.05) is 12.3 Å². The fourth-order valence-corrected chi connectivity index (χ4v) is 1.28. The van der Waals surface area contributed by atoms with Crippen molar-refractivity contribution in [3.05, 3.63) is 29.3 Å². The number of carbonyl (C=O) groups is 1. The minimum atomic E-state index is -0.840. The number of halogens is 2. The summed E-state index contributed by atoms with van der Waals surface area (Å²) in [5.74, 6) is 3.06. The molecule has 108 valence electrons. The number of anilines is 1. The van der Waals surface area contributed by atoms with E-state index in [1.165, 1.54) is 0 Å². The lowest BCUT2D eigenvalue weighted by Crippen LogP contribution is -2.32. The van der Waals surface area contributed by atoms with Crippen LogP contribution in [0.5, 0.6) is 0 Å². The molecule has 1 rings (SSSR count). The number of nitrogen functional groups attached to an aromatic ring is 1. The molecule has 6 heteroatoms. The first-order valence-electron chi connectivity index (χ1n) is 5.89. The number of hydrogen-bond acceptors (Lipinski definition) is 3. The second-order valence-electron chi connectivity index (χ2n) is 5.02. The van der Waals surface area contributed by atoms with Crippen molar-refractivity contribution in [3.63, 3.8) is 0 Å². The maximum absolute atomic E-state index is 13.4. The molecule has 0 saturated heterocycles. The molecule has 1 aromatic carbocycles. The molecule has 1 amide bonds. The number of amides is 1. The van der Waals surface area contributed by atoms with Crippen LogP contribution in [0.2, 0.25) is 0 Å². The van der Waals surface area contributed by atoms with Crippen LogP contribution >= 0.6 is 0 Å². The van der Waals surface area contributed by atoms with Crippen molar-refractivity contribution in [2.24, 2.45) is 0 Å². The van der Waals surface area contributed by atoms with Crippen LogP contribution in [0, 0.1) is 23.5 Å². The zero-order valence-electron chi connectivity index (χ0n) is 11.5. The number of benzene rings is 1. The standard InChI is InChI=1S/C14H16F2N2O2/c1-14(2,3)20-13(19)18-6-4-5-10-11(15)7-9(17)8-12(10)16/h7-8H,6,17H2,1-3H3,(H,18,19). The van der Waals surface area contributed by atoms with Crippen LogP contribution in [-0.4, -0.2) is 18.2 Å². The van der Waals surface area contributed by atoms with Crippen molar-refractivity contribution in [3.8, 4) is 11.8 Å². The first kappa shape index (κ1) is 15.8. The zero-order valence-corrected chi connectivity index (χ0v) is 11.5. The predicted molar refractivity (Wildman–Crippen MR) is 71.9 cm³/mol. The Kier molecular flexibility index (Phi) is 4.92. The summed E-state index contributed by atoms with van der Waals surface area (Å²) in [4.78, 5) is 11.3. The SMILES string of the molecule is CC(C)(C)OC(=O)NCC#Cc1c(F)cc(N)cc1F. The van der Waals surface area contributed by atoms with Gasteiger partial charge in [-0.2, -0.15) is 0 Å². The Labute approximate surface area is 116 Å². The van der Waals surface area contributed by atoms with E-state index in [4.69, 9.17) is 10.5 Å². The number of ether oxygens (including phenoxy) is 1. The molecule has 0 atom stereocenters. The van der Waals surface area contributed by atoms with Gasteiger partial charge < -0.3 is 15.8 Å². The number of alkyl carbamates (subject to hydrolysis) is 1. The molecule has 0 bridgehead atoms. The third-order valence-corrected chi connectivity index (χ3v) is 2.00. The number of nitrogens with one attached hydrogen (secondary N) is 1. The lowest BCUT2D eigenvalue weighted by atomic mass is 10.2. The fraction of sp³-hybridized carbons (Fsp3) is 0.357. The number of hydrogen-bond donors (Lipinski definition) is 2. The Hall–Kier alpha value is -2.29. The van der Waals surface area contributed by atoms with Gasteiger partial charge in [0.25, 0.3) is 0 Å². The number of rotatable bonds is 1. The van der Waals surface area contributed by atoms with E-state index in [0.29, 0.717) is 0 Å². The first-order chi connectivity index (χ1) is 9.19. The van der Waals surface area contributed by atoms with E-state index in [-0.39, 0.29) is 17.8 Å². The molecule has 0 radical (unpaired) electrons. The average molecular weight is 282 g/mol. The van der Waals surface area contributed by atoms with Gasteiger partial charge in [0.15, 0.2) is 0 Å². The molecule has 0 aliphatic rings. The van der Waals surface area contributed by atoms with Crippen LogP contribution in [0.4, 0.5) is 19.3 Å². The van der Waals surface area contributed by atoms with Crippen molar-refractivity contribution in [1.29, 1.82) is 0 Å². The summed E-state index contributed by atoms with van der Waals surface area (Å²) in [6.07, 6.45) is -0.648. The van der Waals surface area contributed by atoms with Gasteiger partial charge in [0.2, 0.25) is 0 Å². The smallest absolute Gasteiger partial charge is 0.408 e. The second kappa shape index (κ2) is 6.24. The lowest BCUT2D eigenvalue weighted by molar-refractivity contribution is 0.0535. The highest BCUT2D eigenvalue weighted by atomic mass is 19.1. The molecule has 0 spiro atoms. The zero-order chi connectivity index (χ0) is 15.3. The maximum Gasteiger partial charge on any atom is 0.408 e. The first-order valence-corrected chi connectivity index (χ1v) is 5.89. The third kappa shape index (κ3) is 5.14. The Balaban J connectivity index is 2.62. The maximum atomic E-state index is 13.4. The molecule has 1 aromatic rings. The second-order valence-corrected chi connectivity index (χ2v) is 5.02. The van der Waals surface area contributed by atoms with Crippen molar-refractivity contribution in [2.45, 2.75) is 26.4 Å². The summed E-state index contributed by atoms with van der Waals surface area (Å²) in [6, 6.07) is 1.96. The molecule has 0 aliphatic heterocycles. The lowest BCUT2D eigenvalue weighted by Gasteiger charge is -2.18. The quantitative estimate of drug-likeness (QED) is 0.614. The number of carbonyl (C=O) groups excluding carboxylic acids is 1. The molecule has 0 aromatic heterocycles. The molecule has 0 unspecified atom stereocenters. The van der Waals surface area contributed by atoms with Gasteiger partial charge in [0.1, 0.15) is 17.2 Å². The number of nitrogens with two attached hydrogens (primary N) is 1. The Bertz CT molecular complexity index is 546. The van der Waals surface area contributed by atoms with Gasteiger partial charge in [0.05, 0.1) is 12.1 Å². The summed E-state index contributed by atoms with van der Waals surface area (Å²) in [5.41, 5.74) is 4.26. The van der Waals surface area contributed by atoms with Crippen molar-refractivity contribution in [1.82, 2.24) is 5.32 Å². The summed E-state index contributed by atoms with van der Waals surface area (Å²) in [5, 5.41) is 2.36. The molecule has 0 fully saturated rings. The topological polar surface area (TPSA) is 64.3 Å². The predicted octanol–water partition coefficient (Wildman–Crippen LogP) is 2.42. The van der Waals surface area contributed by atoms with E-state index in [1.54, 1.807) is 20.8 Å². The molecular formula is C14H16F2N2O2. The normalized spacial score (nSPS) is 10.4. The van der Waals surface area contributed by atoms with Crippen LogP contribution in [0.25, 0.3) is 0 Å². The monoisotopic (exact) mass is 282 g/mol. The molecule has 4 nitrogen and oxygen atoms in total. The van der Waals surface area contributed by atoms with Gasteiger partial charge in [-0.15, -0.1) is 0 Å². The third-order valence-electron chi connectivity index (χ3n) is 2.00. The van der Waals surface area contributed by atoms with Crippen molar-refractivity contribution >= 4 is 11.8 Å². The summed E-state index contributed by atoms with van der Waals surface area (Å²) >= 11 is 0. The summed E-state index contributed by atoms with van der Waals surface area (Å²) in [7, 11) is 0. The summed E-state index contributed by atoms with van der Waals surface area (Å²) in [6.45, 7) is 5.07. The van der Waals surface area contributed by atoms with Gasteiger partial charge in [-0.3, -0.25) is 0 Å². The molecule has 0 aliphatic carbocycles. The van der Waals surface area contributed by atoms with Crippen LogP contribution in [0.3, 0.4) is 0 Å². The highest BCUT2D eigenvalue weighted by Gasteiger charge is 2.15. The van der Waals surface area contributed by atoms with Crippen LogP contribution in [-0.2, 0) is 4.74 Å². The molecule has 3 N–H and O–H groups in total. The largest absolute Gasteiger partial charge is 0.444 e. The van der Waals surface area contributed by atoms with E-state index < -0.39 is 23.3 Å². The Morgan fingerprint density at radius 2 is 1.90 bits per heavy atom. The van der Waals surface area contributed by atoms with E-state index in [0.717, 1.165) is 12.1 Å². The van der Waals surface area contributed by atoms with E-state index in [2.05, 4.69) is 17.2 Å². The van der Waals surface area contributed by atoms with E-state index >= 15 is 0 Å². The average Bonchev–Trinajstić information content (AvgIpc) is 2.23.